The average molecular weight is 1270 g/mol. The normalized spacial score (nSPS) is 12.4. The number of carbonyl (C=O) groups excluding carboxylic acids is 4. The maximum atomic E-state index is 12.4. The van der Waals surface area contributed by atoms with Gasteiger partial charge in [0.2, 0.25) is 0 Å². The molecule has 0 unspecified atom stereocenters. The van der Waals surface area contributed by atoms with E-state index in [1.165, 1.54) is 31.8 Å². The van der Waals surface area contributed by atoms with E-state index in [4.69, 9.17) is 18.9 Å². The number of rotatable bonds is 16. The third-order valence-electron chi connectivity index (χ3n) is 11.5. The van der Waals surface area contributed by atoms with Crippen molar-refractivity contribution in [3.8, 4) is 0 Å². The molecule has 0 spiro atoms. The number of carbonyl (C=O) groups is 4. The zero-order valence-electron chi connectivity index (χ0n) is 43.5. The molecule has 0 amide bonds. The molecule has 0 atom stereocenters. The second kappa shape index (κ2) is 29.6. The maximum Gasteiger partial charge on any atom is 0.673 e. The van der Waals surface area contributed by atoms with Crippen LogP contribution in [0.2, 0.25) is 0 Å². The molecule has 0 aromatic heterocycles. The molecule has 8 nitrogen and oxygen atoms in total. The third-order valence-corrected chi connectivity index (χ3v) is 20.2. The van der Waals surface area contributed by atoms with Gasteiger partial charge >= 0.3 is 31.1 Å². The number of halogens is 4. The van der Waals surface area contributed by atoms with Crippen molar-refractivity contribution in [2.24, 2.45) is 10.8 Å². The Kier molecular flexibility index (Phi) is 24.4. The summed E-state index contributed by atoms with van der Waals surface area (Å²) in [6.45, 7) is 8.06. The van der Waals surface area contributed by atoms with Crippen LogP contribution in [0.5, 0.6) is 0 Å². The molecule has 0 fully saturated rings. The molecule has 0 aliphatic heterocycles. The fourth-order valence-corrected chi connectivity index (χ4v) is 17.1. The summed E-state index contributed by atoms with van der Waals surface area (Å²) in [5.41, 5.74) is -1.70. The quantitative estimate of drug-likeness (QED) is 0.0310. The predicted molar refractivity (Wildman–Crippen MR) is 300 cm³/mol. The smallest absolute Gasteiger partial charge is 0.465 e. The SMILES string of the molecule is CC(CP(c1ccccc1)c1ccccc1)(CP(c1ccccc1)c1ccccc1)CP(c1ccccc1)c1ccccc1.COC(=O)C1=C(C(=O)OC)C(C(=O)OC)=C(C(=O)OC)C1=CC(C)(C)C.F[B-](F)(F)F.[Ir]. The van der Waals surface area contributed by atoms with Crippen molar-refractivity contribution in [3.63, 3.8) is 0 Å². The van der Waals surface area contributed by atoms with E-state index in [0.717, 1.165) is 46.9 Å². The zero-order valence-corrected chi connectivity index (χ0v) is 48.6. The van der Waals surface area contributed by atoms with E-state index in [1.54, 1.807) is 6.08 Å². The molecule has 0 saturated carbocycles. The minimum absolute atomic E-state index is 0. The first-order chi connectivity index (χ1) is 35.7. The molecule has 1 radical (unpaired) electrons. The van der Waals surface area contributed by atoms with Crippen LogP contribution in [-0.4, -0.2) is 78.1 Å². The summed E-state index contributed by atoms with van der Waals surface area (Å²) < 4.78 is 57.9. The van der Waals surface area contributed by atoms with Gasteiger partial charge in [0, 0.05) is 25.7 Å². The van der Waals surface area contributed by atoms with Gasteiger partial charge in [0.15, 0.2) is 0 Å². The van der Waals surface area contributed by atoms with Crippen molar-refractivity contribution < 1.29 is 75.5 Å². The summed E-state index contributed by atoms with van der Waals surface area (Å²) in [6.07, 6.45) is 5.01. The maximum absolute atomic E-state index is 12.4. The Morgan fingerprint density at radius 2 is 0.579 bits per heavy atom. The Balaban J connectivity index is 0.000000333. The Hall–Kier alpha value is -5.86. The van der Waals surface area contributed by atoms with Gasteiger partial charge < -0.3 is 36.2 Å². The second-order valence-electron chi connectivity index (χ2n) is 18.5. The molecule has 7 rings (SSSR count). The van der Waals surface area contributed by atoms with Gasteiger partial charge in [-0.05, 0) is 84.9 Å². The third kappa shape index (κ3) is 18.1. The Morgan fingerprint density at radius 1 is 0.395 bits per heavy atom. The van der Waals surface area contributed by atoms with Crippen LogP contribution < -0.4 is 31.8 Å². The van der Waals surface area contributed by atoms with E-state index in [0.29, 0.717) is 0 Å². The van der Waals surface area contributed by atoms with E-state index in [-0.39, 0.29) is 42.2 Å². The molecule has 6 aromatic rings. The van der Waals surface area contributed by atoms with E-state index in [2.05, 4.69) is 189 Å². The summed E-state index contributed by atoms with van der Waals surface area (Å²) in [5.74, 6) is -3.77. The van der Waals surface area contributed by atoms with E-state index in [1.807, 2.05) is 20.8 Å². The first kappa shape index (κ1) is 62.7. The average Bonchev–Trinajstić information content (AvgIpc) is 3.75. The molecule has 0 N–H and O–H groups in total. The minimum Gasteiger partial charge on any atom is -0.465 e. The topological polar surface area (TPSA) is 105 Å². The number of benzene rings is 6. The van der Waals surface area contributed by atoms with Gasteiger partial charge in [-0.1, -0.05) is 216 Å². The number of hydrogen-bond donors (Lipinski definition) is 0. The second-order valence-corrected chi connectivity index (χ2v) is 25.1. The van der Waals surface area contributed by atoms with Crippen LogP contribution in [-0.2, 0) is 58.2 Å². The largest absolute Gasteiger partial charge is 0.673 e. The van der Waals surface area contributed by atoms with Crippen molar-refractivity contribution in [2.45, 2.75) is 27.7 Å². The molecule has 6 aromatic carbocycles. The minimum atomic E-state index is -6.00. The number of esters is 4. The van der Waals surface area contributed by atoms with Gasteiger partial charge in [-0.2, -0.15) is 0 Å². The molecule has 1 aliphatic rings. The summed E-state index contributed by atoms with van der Waals surface area (Å²) >= 11 is 0. The summed E-state index contributed by atoms with van der Waals surface area (Å²) in [4.78, 5) is 49.5. The van der Waals surface area contributed by atoms with Gasteiger partial charge in [-0.25, -0.2) is 19.2 Å². The van der Waals surface area contributed by atoms with Crippen LogP contribution in [0.15, 0.2) is 216 Å². The van der Waals surface area contributed by atoms with Crippen molar-refractivity contribution in [2.75, 3.05) is 46.9 Å². The molecule has 1 aliphatic carbocycles. The molecule has 0 saturated heterocycles. The van der Waals surface area contributed by atoms with E-state index >= 15 is 0 Å². The predicted octanol–water partition coefficient (Wildman–Crippen LogP) is 10.9. The number of allylic oxidation sites excluding steroid dienone is 1. The molecule has 17 heteroatoms. The Labute approximate surface area is 461 Å². The molecule has 401 valence electrons. The van der Waals surface area contributed by atoms with E-state index < -0.39 is 71.5 Å². The fraction of sp³-hybridized carbons (Fsp3) is 0.220. The van der Waals surface area contributed by atoms with Gasteiger partial charge in [0.1, 0.15) is 0 Å². The number of ether oxygens (including phenoxy) is 4. The summed E-state index contributed by atoms with van der Waals surface area (Å²) in [6, 6.07) is 67.7. The van der Waals surface area contributed by atoms with Crippen LogP contribution in [0.1, 0.15) is 27.7 Å². The van der Waals surface area contributed by atoms with Crippen molar-refractivity contribution in [3.05, 3.63) is 216 Å². The van der Waals surface area contributed by atoms with Gasteiger partial charge in [0.05, 0.1) is 50.7 Å². The van der Waals surface area contributed by atoms with Crippen molar-refractivity contribution in [1.29, 1.82) is 0 Å². The molecule has 0 bridgehead atoms. The first-order valence-electron chi connectivity index (χ1n) is 23.8. The standard InChI is InChI=1S/C41H39P3.C18H22O8.BF4.Ir/c1-41(32-42(35-20-8-2-9-21-35)36-22-10-3-11-23-36,33-43(37-24-12-4-13-25-37)38-26-14-5-15-27-38)34-44(39-28-16-6-17-29-39)40-30-18-7-19-31-40;1-18(2,3)8-9-10(14(19)23-4)12(16(21)25-6)13(17(22)26-7)11(9)15(20)24-5;2-1(3,4)5;/h2-31H,32-34H2,1H3;8H,1-7H3;;/q;;-1;. The van der Waals surface area contributed by atoms with Crippen molar-refractivity contribution in [1.82, 2.24) is 0 Å². The summed E-state index contributed by atoms with van der Waals surface area (Å²) in [5, 5.41) is 8.79. The number of hydrogen-bond acceptors (Lipinski definition) is 8. The molecular formula is C59H61BF4IrO8P3-. The zero-order chi connectivity index (χ0) is 54.8. The van der Waals surface area contributed by atoms with Crippen LogP contribution in [0.4, 0.5) is 17.3 Å². The van der Waals surface area contributed by atoms with Crippen LogP contribution >= 0.6 is 23.8 Å². The van der Waals surface area contributed by atoms with Gasteiger partial charge in [-0.3, -0.25) is 0 Å². The number of methoxy groups -OCH3 is 4. The fourth-order valence-electron chi connectivity index (χ4n) is 8.40. The molecular weight excluding hydrogens is 1210 g/mol. The Bertz CT molecular complexity index is 2540. The monoisotopic (exact) mass is 1270 g/mol. The molecule has 0 heterocycles. The first-order valence-corrected chi connectivity index (χ1v) is 28.4. The van der Waals surface area contributed by atoms with Crippen LogP contribution in [0.3, 0.4) is 0 Å². The molecule has 76 heavy (non-hydrogen) atoms. The van der Waals surface area contributed by atoms with Gasteiger partial charge in [-0.15, -0.1) is 0 Å². The van der Waals surface area contributed by atoms with Crippen LogP contribution in [0.25, 0.3) is 0 Å². The van der Waals surface area contributed by atoms with E-state index in [9.17, 15) is 36.4 Å². The van der Waals surface area contributed by atoms with Gasteiger partial charge in [0.25, 0.3) is 0 Å². The summed E-state index contributed by atoms with van der Waals surface area (Å²) in [7, 11) is -3.26. The van der Waals surface area contributed by atoms with Crippen LogP contribution in [0, 0.1) is 10.8 Å². The Morgan fingerprint density at radius 3 is 0.750 bits per heavy atom. The van der Waals surface area contributed by atoms with Crippen molar-refractivity contribution >= 4 is 86.7 Å².